The number of aromatic nitrogens is 4. The van der Waals surface area contributed by atoms with Crippen LogP contribution in [0.4, 0.5) is 5.69 Å². The molecule has 3 aromatic rings. The normalized spacial score (nSPS) is 12.1. The number of benzene rings is 2. The van der Waals surface area contributed by atoms with Gasteiger partial charge in [-0.1, -0.05) is 35.5 Å². The second kappa shape index (κ2) is 8.14. The second-order valence-electron chi connectivity index (χ2n) is 7.16. The molecule has 0 spiro atoms. The van der Waals surface area contributed by atoms with Crippen molar-refractivity contribution in [3.8, 4) is 5.69 Å². The molecule has 28 heavy (non-hydrogen) atoms. The van der Waals surface area contributed by atoms with E-state index in [9.17, 15) is 4.79 Å². The molecule has 0 bridgehead atoms. The van der Waals surface area contributed by atoms with Crippen LogP contribution < -0.4 is 5.32 Å². The summed E-state index contributed by atoms with van der Waals surface area (Å²) in [6.45, 7) is 12.0. The fraction of sp³-hybridized carbons (Fsp3) is 0.333. The van der Waals surface area contributed by atoms with E-state index in [0.29, 0.717) is 5.16 Å². The number of rotatable bonds is 5. The zero-order valence-electron chi connectivity index (χ0n) is 17.1. The van der Waals surface area contributed by atoms with Gasteiger partial charge >= 0.3 is 0 Å². The molecule has 0 aliphatic rings. The average molecular weight is 396 g/mol. The van der Waals surface area contributed by atoms with Crippen LogP contribution in [0.1, 0.15) is 34.7 Å². The molecule has 1 amide bonds. The van der Waals surface area contributed by atoms with Crippen LogP contribution in [0.15, 0.2) is 35.5 Å². The molecule has 1 aromatic heterocycles. The summed E-state index contributed by atoms with van der Waals surface area (Å²) >= 11 is 1.34. The van der Waals surface area contributed by atoms with Crippen LogP contribution in [0, 0.1) is 34.6 Å². The molecule has 0 fully saturated rings. The number of amides is 1. The monoisotopic (exact) mass is 395 g/mol. The summed E-state index contributed by atoms with van der Waals surface area (Å²) in [5.74, 6) is -0.0744. The van der Waals surface area contributed by atoms with Crippen LogP contribution in [0.5, 0.6) is 0 Å². The van der Waals surface area contributed by atoms with Crippen molar-refractivity contribution in [3.05, 3.63) is 58.1 Å². The fourth-order valence-corrected chi connectivity index (χ4v) is 3.89. The van der Waals surface area contributed by atoms with Gasteiger partial charge in [-0.15, -0.1) is 5.10 Å². The van der Waals surface area contributed by atoms with Crippen molar-refractivity contribution in [2.24, 2.45) is 0 Å². The van der Waals surface area contributed by atoms with E-state index in [-0.39, 0.29) is 11.2 Å². The van der Waals surface area contributed by atoms with E-state index in [4.69, 9.17) is 0 Å². The summed E-state index contributed by atoms with van der Waals surface area (Å²) < 4.78 is 1.67. The molecule has 3 rings (SSSR count). The van der Waals surface area contributed by atoms with Gasteiger partial charge in [0.25, 0.3) is 0 Å². The van der Waals surface area contributed by atoms with Gasteiger partial charge in [0.15, 0.2) is 0 Å². The zero-order valence-corrected chi connectivity index (χ0v) is 17.9. The van der Waals surface area contributed by atoms with Crippen LogP contribution in [-0.2, 0) is 4.79 Å². The third-order valence-electron chi connectivity index (χ3n) is 4.75. The second-order valence-corrected chi connectivity index (χ2v) is 8.47. The van der Waals surface area contributed by atoms with Gasteiger partial charge in [0, 0.05) is 5.69 Å². The van der Waals surface area contributed by atoms with Crippen molar-refractivity contribution in [1.29, 1.82) is 0 Å². The molecule has 1 N–H and O–H groups in total. The number of hydrogen-bond donors (Lipinski definition) is 1. The molecule has 2 aromatic carbocycles. The van der Waals surface area contributed by atoms with Crippen LogP contribution in [0.25, 0.3) is 5.69 Å². The molecular formula is C21H25N5OS. The summed E-state index contributed by atoms with van der Waals surface area (Å²) in [4.78, 5) is 12.8. The van der Waals surface area contributed by atoms with Gasteiger partial charge in [-0.3, -0.25) is 4.79 Å². The van der Waals surface area contributed by atoms with Crippen LogP contribution in [0.2, 0.25) is 0 Å². The molecule has 0 radical (unpaired) electrons. The Kier molecular flexibility index (Phi) is 5.84. The Morgan fingerprint density at radius 2 is 1.68 bits per heavy atom. The predicted molar refractivity (Wildman–Crippen MR) is 113 cm³/mol. The van der Waals surface area contributed by atoms with Gasteiger partial charge in [0.1, 0.15) is 0 Å². The lowest BCUT2D eigenvalue weighted by atomic mass is 10.1. The SMILES string of the molecule is Cc1cc(C)c(NC(=O)[C@@H](C)Sc2nnnn2-c2ccc(C)c(C)c2)c(C)c1. The van der Waals surface area contributed by atoms with E-state index in [1.165, 1.54) is 28.5 Å². The maximum atomic E-state index is 12.8. The van der Waals surface area contributed by atoms with E-state index in [1.54, 1.807) is 4.68 Å². The van der Waals surface area contributed by atoms with Gasteiger partial charge in [-0.25, -0.2) is 0 Å². The quantitative estimate of drug-likeness (QED) is 0.651. The van der Waals surface area contributed by atoms with Crippen LogP contribution in [0.3, 0.4) is 0 Å². The molecule has 1 heterocycles. The number of carbonyl (C=O) groups is 1. The first kappa shape index (κ1) is 20.1. The number of hydrogen-bond acceptors (Lipinski definition) is 5. The third kappa shape index (κ3) is 4.25. The van der Waals surface area contributed by atoms with Crippen molar-refractivity contribution in [3.63, 3.8) is 0 Å². The predicted octanol–water partition coefficient (Wildman–Crippen LogP) is 4.32. The first-order valence-electron chi connectivity index (χ1n) is 9.17. The Balaban J connectivity index is 1.77. The Morgan fingerprint density at radius 1 is 1.00 bits per heavy atom. The summed E-state index contributed by atoms with van der Waals surface area (Å²) in [6.07, 6.45) is 0. The highest BCUT2D eigenvalue weighted by Crippen LogP contribution is 2.27. The van der Waals surface area contributed by atoms with Gasteiger partial charge in [-0.2, -0.15) is 4.68 Å². The van der Waals surface area contributed by atoms with Crippen molar-refractivity contribution in [1.82, 2.24) is 20.2 Å². The first-order chi connectivity index (χ1) is 13.3. The minimum atomic E-state index is -0.351. The molecular weight excluding hydrogens is 370 g/mol. The van der Waals surface area contributed by atoms with Gasteiger partial charge in [0.05, 0.1) is 10.9 Å². The van der Waals surface area contributed by atoms with E-state index in [2.05, 4.69) is 53.7 Å². The van der Waals surface area contributed by atoms with Crippen molar-refractivity contribution in [2.75, 3.05) is 5.32 Å². The molecule has 7 heteroatoms. The minimum absolute atomic E-state index is 0.0744. The maximum absolute atomic E-state index is 12.8. The highest BCUT2D eigenvalue weighted by Gasteiger charge is 2.20. The van der Waals surface area contributed by atoms with Crippen molar-refractivity contribution >= 4 is 23.4 Å². The number of nitrogens with zero attached hydrogens (tertiary/aromatic N) is 4. The lowest BCUT2D eigenvalue weighted by Crippen LogP contribution is -2.24. The minimum Gasteiger partial charge on any atom is -0.325 e. The molecule has 0 aliphatic carbocycles. The Bertz CT molecular complexity index is 1000. The van der Waals surface area contributed by atoms with Gasteiger partial charge in [-0.05, 0) is 86.4 Å². The zero-order chi connectivity index (χ0) is 20.4. The number of tetrazole rings is 1. The number of nitrogens with one attached hydrogen (secondary N) is 1. The third-order valence-corrected chi connectivity index (χ3v) is 5.79. The standard InChI is InChI=1S/C21H25N5OS/c1-12-9-15(4)19(16(5)10-12)22-20(27)17(6)28-21-23-24-25-26(21)18-8-7-13(2)14(3)11-18/h7-11,17H,1-6H3,(H,22,27)/t17-/m1/s1. The highest BCUT2D eigenvalue weighted by molar-refractivity contribution is 8.00. The number of anilines is 1. The van der Waals surface area contributed by atoms with Crippen LogP contribution in [-0.4, -0.2) is 31.4 Å². The average Bonchev–Trinajstić information content (AvgIpc) is 3.08. The lowest BCUT2D eigenvalue weighted by Gasteiger charge is -2.16. The Labute approximate surface area is 169 Å². The van der Waals surface area contributed by atoms with E-state index >= 15 is 0 Å². The van der Waals surface area contributed by atoms with E-state index in [1.807, 2.05) is 39.0 Å². The van der Waals surface area contributed by atoms with Crippen molar-refractivity contribution in [2.45, 2.75) is 51.9 Å². The highest BCUT2D eigenvalue weighted by atomic mass is 32.2. The molecule has 0 aliphatic heterocycles. The largest absolute Gasteiger partial charge is 0.325 e. The number of carbonyl (C=O) groups excluding carboxylic acids is 1. The summed E-state index contributed by atoms with van der Waals surface area (Å²) in [5.41, 5.74) is 7.43. The van der Waals surface area contributed by atoms with Crippen LogP contribution >= 0.6 is 11.8 Å². The van der Waals surface area contributed by atoms with Gasteiger partial charge < -0.3 is 5.32 Å². The molecule has 146 valence electrons. The topological polar surface area (TPSA) is 72.7 Å². The molecule has 0 saturated carbocycles. The lowest BCUT2D eigenvalue weighted by molar-refractivity contribution is -0.115. The summed E-state index contributed by atoms with van der Waals surface area (Å²) in [5, 5.41) is 15.3. The number of thioether (sulfide) groups is 1. The smallest absolute Gasteiger partial charge is 0.237 e. The molecule has 0 saturated heterocycles. The number of aryl methyl sites for hydroxylation is 5. The Morgan fingerprint density at radius 3 is 2.32 bits per heavy atom. The van der Waals surface area contributed by atoms with Crippen molar-refractivity contribution < 1.29 is 4.79 Å². The maximum Gasteiger partial charge on any atom is 0.237 e. The molecule has 1 atom stereocenters. The Hall–Kier alpha value is -2.67. The molecule has 6 nitrogen and oxygen atoms in total. The van der Waals surface area contributed by atoms with E-state index < -0.39 is 0 Å². The summed E-state index contributed by atoms with van der Waals surface area (Å²) in [6, 6.07) is 10.2. The van der Waals surface area contributed by atoms with Gasteiger partial charge in [0.2, 0.25) is 11.1 Å². The van der Waals surface area contributed by atoms with E-state index in [0.717, 1.165) is 22.5 Å². The summed E-state index contributed by atoms with van der Waals surface area (Å²) in [7, 11) is 0. The molecule has 0 unspecified atom stereocenters. The fourth-order valence-electron chi connectivity index (χ4n) is 3.09. The first-order valence-corrected chi connectivity index (χ1v) is 10.1.